The van der Waals surface area contributed by atoms with Crippen molar-refractivity contribution >= 4 is 11.8 Å². The number of carbonyl (C=O) groups is 2. The summed E-state index contributed by atoms with van der Waals surface area (Å²) in [7, 11) is 0. The summed E-state index contributed by atoms with van der Waals surface area (Å²) in [5.41, 5.74) is 0. The fraction of sp³-hybridized carbons (Fsp3) is 0.833. The van der Waals surface area contributed by atoms with E-state index in [9.17, 15) is 9.59 Å². The normalized spacial score (nSPS) is 22.1. The van der Waals surface area contributed by atoms with Crippen molar-refractivity contribution < 1.29 is 14.3 Å². The summed E-state index contributed by atoms with van der Waals surface area (Å²) in [6.07, 6.45) is 7.84. The van der Waals surface area contributed by atoms with E-state index >= 15 is 0 Å². The van der Waals surface area contributed by atoms with Crippen molar-refractivity contribution in [2.45, 2.75) is 57.8 Å². The van der Waals surface area contributed by atoms with Crippen LogP contribution in [0.4, 0.5) is 0 Å². The van der Waals surface area contributed by atoms with Gasteiger partial charge in [-0.05, 0) is 12.8 Å². The molecule has 0 saturated carbocycles. The molecular weight excluding hydrogens is 192 g/mol. The first-order chi connectivity index (χ1) is 7.29. The third-order valence-corrected chi connectivity index (χ3v) is 2.72. The Kier molecular flexibility index (Phi) is 6.05. The van der Waals surface area contributed by atoms with Crippen LogP contribution in [0.2, 0.25) is 0 Å². The highest BCUT2D eigenvalue weighted by molar-refractivity contribution is 5.82. The lowest BCUT2D eigenvalue weighted by Gasteiger charge is -2.03. The van der Waals surface area contributed by atoms with E-state index in [0.29, 0.717) is 19.4 Å². The molecule has 1 fully saturated rings. The second-order valence-electron chi connectivity index (χ2n) is 4.13. The molecule has 0 aliphatic carbocycles. The van der Waals surface area contributed by atoms with Crippen LogP contribution < -0.4 is 0 Å². The molecule has 0 amide bonds. The molecule has 3 nitrogen and oxygen atoms in total. The molecule has 1 heterocycles. The van der Waals surface area contributed by atoms with Gasteiger partial charge in [-0.2, -0.15) is 0 Å². The molecule has 0 aromatic heterocycles. The summed E-state index contributed by atoms with van der Waals surface area (Å²) in [6.45, 7) is 0.521. The Labute approximate surface area is 91.2 Å². The van der Waals surface area contributed by atoms with Crippen LogP contribution in [0.15, 0.2) is 0 Å². The van der Waals surface area contributed by atoms with Gasteiger partial charge in [-0.1, -0.05) is 25.7 Å². The van der Waals surface area contributed by atoms with Gasteiger partial charge in [0.15, 0.2) is 0 Å². The number of rotatable bonds is 0. The predicted molar refractivity (Wildman–Crippen MR) is 57.5 cm³/mol. The summed E-state index contributed by atoms with van der Waals surface area (Å²) >= 11 is 0. The lowest BCUT2D eigenvalue weighted by Crippen LogP contribution is -2.08. The molecule has 0 spiro atoms. The smallest absolute Gasteiger partial charge is 0.306 e. The number of hydrogen-bond acceptors (Lipinski definition) is 3. The van der Waals surface area contributed by atoms with E-state index < -0.39 is 0 Å². The van der Waals surface area contributed by atoms with Crippen LogP contribution in [0.3, 0.4) is 0 Å². The molecule has 1 rings (SSSR count). The number of hydrogen-bond donors (Lipinski definition) is 0. The van der Waals surface area contributed by atoms with Gasteiger partial charge in [0, 0.05) is 12.8 Å². The van der Waals surface area contributed by atoms with Crippen molar-refractivity contribution in [2.24, 2.45) is 0 Å². The largest absolute Gasteiger partial charge is 0.466 e. The molecule has 0 atom stereocenters. The molecular formula is C12H20O3. The third kappa shape index (κ3) is 6.26. The lowest BCUT2D eigenvalue weighted by atomic mass is 10.1. The molecule has 1 saturated heterocycles. The van der Waals surface area contributed by atoms with Gasteiger partial charge in [-0.15, -0.1) is 0 Å². The highest BCUT2D eigenvalue weighted by Gasteiger charge is 2.08. The van der Waals surface area contributed by atoms with Gasteiger partial charge < -0.3 is 4.74 Å². The molecule has 1 aliphatic rings. The summed E-state index contributed by atoms with van der Waals surface area (Å²) in [4.78, 5) is 22.5. The van der Waals surface area contributed by atoms with E-state index in [2.05, 4.69) is 0 Å². The Balaban J connectivity index is 2.28. The van der Waals surface area contributed by atoms with Crippen molar-refractivity contribution in [3.63, 3.8) is 0 Å². The molecule has 0 unspecified atom stereocenters. The fourth-order valence-corrected chi connectivity index (χ4v) is 1.76. The van der Waals surface area contributed by atoms with E-state index in [1.807, 2.05) is 0 Å². The molecule has 0 N–H and O–H groups in total. The Morgan fingerprint density at radius 2 is 1.40 bits per heavy atom. The van der Waals surface area contributed by atoms with Gasteiger partial charge in [0.1, 0.15) is 5.78 Å². The maximum absolute atomic E-state index is 11.3. The van der Waals surface area contributed by atoms with Crippen molar-refractivity contribution in [3.8, 4) is 0 Å². The summed E-state index contributed by atoms with van der Waals surface area (Å²) in [6, 6.07) is 0. The first-order valence-corrected chi connectivity index (χ1v) is 5.96. The minimum absolute atomic E-state index is 0.200. The predicted octanol–water partition coefficient (Wildman–Crippen LogP) is 2.62. The monoisotopic (exact) mass is 212 g/mol. The highest BCUT2D eigenvalue weighted by atomic mass is 16.5. The van der Waals surface area contributed by atoms with Crippen molar-refractivity contribution in [2.75, 3.05) is 6.61 Å². The number of esters is 1. The van der Waals surface area contributed by atoms with Crippen molar-refractivity contribution in [3.05, 3.63) is 0 Å². The van der Waals surface area contributed by atoms with E-state index in [-0.39, 0.29) is 18.2 Å². The topological polar surface area (TPSA) is 43.4 Å². The first kappa shape index (κ1) is 12.2. The van der Waals surface area contributed by atoms with Crippen molar-refractivity contribution in [1.82, 2.24) is 0 Å². The number of ketones is 1. The maximum Gasteiger partial charge on any atom is 0.306 e. The van der Waals surface area contributed by atoms with Gasteiger partial charge in [-0.3, -0.25) is 9.59 Å². The van der Waals surface area contributed by atoms with Crippen LogP contribution in [-0.4, -0.2) is 18.4 Å². The Hall–Kier alpha value is -0.860. The number of ether oxygens (including phenoxy) is 1. The zero-order chi connectivity index (χ0) is 10.9. The van der Waals surface area contributed by atoms with Gasteiger partial charge in [0.2, 0.25) is 0 Å². The molecule has 0 radical (unpaired) electrons. The fourth-order valence-electron chi connectivity index (χ4n) is 1.76. The van der Waals surface area contributed by atoms with Crippen LogP contribution in [0.5, 0.6) is 0 Å². The van der Waals surface area contributed by atoms with Gasteiger partial charge in [0.05, 0.1) is 13.0 Å². The lowest BCUT2D eigenvalue weighted by molar-refractivity contribution is -0.144. The molecule has 0 aromatic rings. The summed E-state index contributed by atoms with van der Waals surface area (Å²) in [5.74, 6) is -0.0196. The van der Waals surface area contributed by atoms with Crippen LogP contribution in [0.1, 0.15) is 57.8 Å². The number of cyclic esters (lactones) is 1. The minimum Gasteiger partial charge on any atom is -0.466 e. The van der Waals surface area contributed by atoms with Crippen LogP contribution in [0.25, 0.3) is 0 Å². The third-order valence-electron chi connectivity index (χ3n) is 2.72. The second kappa shape index (κ2) is 7.43. The average Bonchev–Trinajstić information content (AvgIpc) is 2.24. The van der Waals surface area contributed by atoms with Gasteiger partial charge in [-0.25, -0.2) is 0 Å². The SMILES string of the molecule is O=C1CCCCCCCCOC(=O)CC1. The second-order valence-corrected chi connectivity index (χ2v) is 4.13. The van der Waals surface area contributed by atoms with Crippen molar-refractivity contribution in [1.29, 1.82) is 0 Å². The maximum atomic E-state index is 11.3. The van der Waals surface area contributed by atoms with Gasteiger partial charge in [0.25, 0.3) is 0 Å². The van der Waals surface area contributed by atoms with E-state index in [1.54, 1.807) is 0 Å². The van der Waals surface area contributed by atoms with Gasteiger partial charge >= 0.3 is 5.97 Å². The Morgan fingerprint density at radius 1 is 0.733 bits per heavy atom. The summed E-state index contributed by atoms with van der Waals surface area (Å²) < 4.78 is 5.01. The van der Waals surface area contributed by atoms with E-state index in [4.69, 9.17) is 4.74 Å². The average molecular weight is 212 g/mol. The van der Waals surface area contributed by atoms with E-state index in [0.717, 1.165) is 25.7 Å². The standard InChI is InChI=1S/C12H20O3/c13-11-7-5-3-1-2-4-6-10-15-12(14)9-8-11/h1-10H2. The summed E-state index contributed by atoms with van der Waals surface area (Å²) in [5, 5.41) is 0. The Morgan fingerprint density at radius 3 is 2.20 bits per heavy atom. The quantitative estimate of drug-likeness (QED) is 0.580. The molecule has 0 bridgehead atoms. The molecule has 0 aromatic carbocycles. The Bertz CT molecular complexity index is 189. The minimum atomic E-state index is -0.220. The highest BCUT2D eigenvalue weighted by Crippen LogP contribution is 2.10. The zero-order valence-corrected chi connectivity index (χ0v) is 9.30. The molecule has 3 heteroatoms. The molecule has 1 aliphatic heterocycles. The van der Waals surface area contributed by atoms with Crippen LogP contribution in [0, 0.1) is 0 Å². The van der Waals surface area contributed by atoms with Crippen LogP contribution >= 0.6 is 0 Å². The molecule has 15 heavy (non-hydrogen) atoms. The number of carbonyl (C=O) groups excluding carboxylic acids is 2. The molecule has 86 valence electrons. The van der Waals surface area contributed by atoms with E-state index in [1.165, 1.54) is 12.8 Å². The van der Waals surface area contributed by atoms with Crippen LogP contribution in [-0.2, 0) is 14.3 Å². The zero-order valence-electron chi connectivity index (χ0n) is 9.30. The first-order valence-electron chi connectivity index (χ1n) is 5.96. The number of Topliss-reactive ketones (excluding diaryl/α,β-unsaturated/α-hetero) is 1.